The van der Waals surface area contributed by atoms with Crippen LogP contribution in [-0.4, -0.2) is 126 Å². The van der Waals surface area contributed by atoms with E-state index in [9.17, 15) is 62.3 Å². The third kappa shape index (κ3) is 50.9. The number of rotatable bonds is 29. The Balaban J connectivity index is -0.00000153. The van der Waals surface area contributed by atoms with Crippen LogP contribution in [0.25, 0.3) is 0 Å². The summed E-state index contributed by atoms with van der Waals surface area (Å²) in [5.74, 6) is -10.7. The van der Waals surface area contributed by atoms with Gasteiger partial charge in [-0.15, -0.1) is 0 Å². The number of carboxylic acids is 4. The number of aliphatic carboxylic acids is 4. The molecule has 0 radical (unpaired) electrons. The molecule has 2 heterocycles. The molecule has 2 aromatic rings. The molecule has 2 rings (SSSR count). The van der Waals surface area contributed by atoms with Crippen LogP contribution in [-0.2, 0) is 41.6 Å². The normalized spacial score (nSPS) is 11.7. The number of alkyl halides is 12. The molecule has 0 fully saturated rings. The fourth-order valence-corrected chi connectivity index (χ4v) is 5.67. The van der Waals surface area contributed by atoms with Crippen LogP contribution in [0.1, 0.15) is 153 Å². The maximum absolute atomic E-state index is 12.0. The van der Waals surface area contributed by atoms with Gasteiger partial charge in [0.1, 0.15) is 0 Å². The van der Waals surface area contributed by atoms with Crippen molar-refractivity contribution in [1.82, 2.24) is 30.6 Å². The van der Waals surface area contributed by atoms with Crippen molar-refractivity contribution >= 4 is 47.6 Å². The van der Waals surface area contributed by atoms with Crippen LogP contribution in [0.3, 0.4) is 0 Å². The first-order valence-electron chi connectivity index (χ1n) is 23.6. The minimum atomic E-state index is -5.08. The number of H-pyrrole nitrogens is 2. The average molecular weight is 1130 g/mol. The molecule has 0 saturated carbocycles. The molecule has 438 valence electrons. The Morgan fingerprint density at radius 2 is 0.632 bits per heavy atom. The van der Waals surface area contributed by atoms with Gasteiger partial charge in [0, 0.05) is 49.7 Å². The molecule has 0 bridgehead atoms. The van der Waals surface area contributed by atoms with Crippen LogP contribution in [0, 0.1) is 0 Å². The Kier molecular flexibility index (Phi) is 41.2. The first-order valence-corrected chi connectivity index (χ1v) is 23.6. The van der Waals surface area contributed by atoms with Gasteiger partial charge in [-0.3, -0.25) is 30.2 Å². The van der Waals surface area contributed by atoms with Crippen molar-refractivity contribution in [3.63, 3.8) is 0 Å². The number of halogens is 12. The molecule has 76 heavy (non-hydrogen) atoms. The summed E-state index contributed by atoms with van der Waals surface area (Å²) in [6.45, 7) is 1.17. The number of aliphatic imine (C=N–C) groups is 2. The van der Waals surface area contributed by atoms with E-state index in [1.54, 1.807) is 25.0 Å². The lowest BCUT2D eigenvalue weighted by Gasteiger charge is -2.05. The van der Waals surface area contributed by atoms with Gasteiger partial charge in [0.15, 0.2) is 11.9 Å². The summed E-state index contributed by atoms with van der Waals surface area (Å²) in [7, 11) is 0. The fourth-order valence-electron chi connectivity index (χ4n) is 5.67. The van der Waals surface area contributed by atoms with Crippen molar-refractivity contribution in [2.75, 3.05) is 13.1 Å². The monoisotopic (exact) mass is 1120 g/mol. The third-order valence-electron chi connectivity index (χ3n) is 9.45. The number of carbonyl (C=O) groups is 6. The van der Waals surface area contributed by atoms with Crippen molar-refractivity contribution in [1.29, 1.82) is 0 Å². The van der Waals surface area contributed by atoms with E-state index in [1.807, 2.05) is 0 Å². The van der Waals surface area contributed by atoms with Gasteiger partial charge >= 0.3 is 48.6 Å². The summed E-state index contributed by atoms with van der Waals surface area (Å²) in [5.41, 5.74) is 13.8. The zero-order chi connectivity index (χ0) is 58.6. The number of aryl methyl sites for hydroxylation is 2. The van der Waals surface area contributed by atoms with Gasteiger partial charge in [0.05, 0.1) is 12.7 Å². The van der Waals surface area contributed by atoms with Crippen molar-refractivity contribution in [3.05, 3.63) is 36.4 Å². The molecule has 0 aliphatic rings. The summed E-state index contributed by atoms with van der Waals surface area (Å²) in [5, 5.41) is 33.9. The van der Waals surface area contributed by atoms with E-state index in [0.717, 1.165) is 62.8 Å². The number of aromatic nitrogens is 4. The van der Waals surface area contributed by atoms with Crippen LogP contribution in [0.15, 0.2) is 35.0 Å². The topological polar surface area (TPSA) is 342 Å². The molecule has 0 spiro atoms. The van der Waals surface area contributed by atoms with E-state index in [4.69, 9.17) is 51.1 Å². The van der Waals surface area contributed by atoms with Crippen LogP contribution in [0.5, 0.6) is 0 Å². The van der Waals surface area contributed by atoms with Crippen LogP contribution >= 0.6 is 0 Å². The van der Waals surface area contributed by atoms with Gasteiger partial charge in [-0.05, 0) is 38.5 Å². The predicted octanol–water partition coefficient (Wildman–Crippen LogP) is 8.90. The number of nitrogens with one attached hydrogen (secondary N) is 4. The molecule has 2 amide bonds. The lowest BCUT2D eigenvalue weighted by Crippen LogP contribution is -2.36. The highest BCUT2D eigenvalue weighted by Crippen LogP contribution is 2.17. The van der Waals surface area contributed by atoms with E-state index in [2.05, 4.69) is 40.6 Å². The lowest BCUT2D eigenvalue weighted by molar-refractivity contribution is -0.193. The largest absolute Gasteiger partial charge is 0.490 e. The number of hydrogen-bond donors (Lipinski definition) is 10. The Hall–Kier alpha value is -6.66. The van der Waals surface area contributed by atoms with Crippen molar-refractivity contribution in [2.45, 2.75) is 179 Å². The number of nitrogens with two attached hydrogens (primary N) is 2. The number of unbranched alkanes of at least 4 members (excludes halogenated alkanes) is 17. The van der Waals surface area contributed by atoms with E-state index in [1.165, 1.54) is 89.9 Å². The first-order chi connectivity index (χ1) is 35.3. The summed E-state index contributed by atoms with van der Waals surface area (Å²) in [6, 6.07) is 0. The van der Waals surface area contributed by atoms with Crippen molar-refractivity contribution < 1.29 is 102 Å². The van der Waals surface area contributed by atoms with Crippen molar-refractivity contribution in [2.24, 2.45) is 21.5 Å². The number of imidazole rings is 2. The van der Waals surface area contributed by atoms with Crippen LogP contribution in [0.2, 0.25) is 0 Å². The van der Waals surface area contributed by atoms with E-state index in [0.29, 0.717) is 25.9 Å². The van der Waals surface area contributed by atoms with Gasteiger partial charge in [0.25, 0.3) is 0 Å². The molecule has 2 aromatic heterocycles. The number of aromatic amines is 2. The standard InChI is InChI=1S/C36H64N10O2.4C2HF3O2/c37-35(41-25-19-21-31-27-39-29-43-31)45-33(47)23-17-15-13-11-9-7-5-3-1-2-4-6-8-10-12-14-16-18-24-34(48)46-36(38)42-26-20-22-32-28-40-30-44-32;4*3-2(4,5)1(6)7/h27-30H,1-26H2,(H,39,43)(H,40,44)(H3,37,41,45,47)(H3,38,42,46,48);4*(H,6,7). The minimum absolute atomic E-state index is 0.0407. The molecular weight excluding hydrogens is 1060 g/mol. The SMILES string of the molecule is NC(=NCCCc1cnc[nH]1)NC(=O)CCCCCCCCCCCCCCCCCCCCC(=O)NC(N)=NCCCc1cnc[nH]1.O=C(O)C(F)(F)F.O=C(O)C(F)(F)F.O=C(O)C(F)(F)F.O=C(O)C(F)(F)F. The van der Waals surface area contributed by atoms with E-state index < -0.39 is 48.6 Å². The van der Waals surface area contributed by atoms with Crippen LogP contribution < -0.4 is 22.1 Å². The van der Waals surface area contributed by atoms with Crippen molar-refractivity contribution in [3.8, 4) is 0 Å². The molecule has 0 aromatic carbocycles. The van der Waals surface area contributed by atoms with Crippen LogP contribution in [0.4, 0.5) is 52.7 Å². The molecule has 20 nitrogen and oxygen atoms in total. The summed E-state index contributed by atoms with van der Waals surface area (Å²) in [4.78, 5) is 82.2. The van der Waals surface area contributed by atoms with Gasteiger partial charge in [-0.1, -0.05) is 103 Å². The Morgan fingerprint density at radius 3 is 0.816 bits per heavy atom. The first kappa shape index (κ1) is 73.6. The Labute approximate surface area is 429 Å². The number of carboxylic acid groups (broad SMARTS) is 4. The molecule has 12 N–H and O–H groups in total. The summed E-state index contributed by atoms with van der Waals surface area (Å²) >= 11 is 0. The second-order valence-corrected chi connectivity index (χ2v) is 16.1. The second kappa shape index (κ2) is 42.6. The molecule has 32 heteroatoms. The number of amides is 2. The number of nitrogens with zero attached hydrogens (tertiary/aromatic N) is 4. The minimum Gasteiger partial charge on any atom is -0.475 e. The fraction of sp³-hybridized carbons (Fsp3) is 0.682. The molecule has 0 unspecified atom stereocenters. The van der Waals surface area contributed by atoms with Gasteiger partial charge < -0.3 is 41.9 Å². The molecule has 0 aliphatic heterocycles. The molecule has 0 saturated heterocycles. The number of hydrogen-bond acceptors (Lipinski definition) is 10. The quantitative estimate of drug-likeness (QED) is 0.0157. The van der Waals surface area contributed by atoms with E-state index in [-0.39, 0.29) is 23.7 Å². The number of carbonyl (C=O) groups excluding carboxylic acids is 2. The van der Waals surface area contributed by atoms with Gasteiger partial charge in [-0.2, -0.15) is 52.7 Å². The lowest BCUT2D eigenvalue weighted by atomic mass is 10.0. The number of guanidine groups is 2. The van der Waals surface area contributed by atoms with Gasteiger partial charge in [0.2, 0.25) is 11.8 Å². The molecule has 0 atom stereocenters. The zero-order valence-corrected chi connectivity index (χ0v) is 41.4. The Bertz CT molecular complexity index is 1750. The smallest absolute Gasteiger partial charge is 0.475 e. The summed E-state index contributed by atoms with van der Waals surface area (Å²) < 4.78 is 127. The highest BCUT2D eigenvalue weighted by molar-refractivity contribution is 5.96. The maximum Gasteiger partial charge on any atom is 0.490 e. The zero-order valence-electron chi connectivity index (χ0n) is 41.4. The molecule has 0 aliphatic carbocycles. The molecular formula is C44H68F12N10O10. The maximum atomic E-state index is 12.0. The predicted molar refractivity (Wildman–Crippen MR) is 250 cm³/mol. The van der Waals surface area contributed by atoms with E-state index >= 15 is 0 Å². The third-order valence-corrected chi connectivity index (χ3v) is 9.45. The Morgan fingerprint density at radius 1 is 0.421 bits per heavy atom. The summed E-state index contributed by atoms with van der Waals surface area (Å²) in [6.07, 6.45) is 13.3. The van der Waals surface area contributed by atoms with Gasteiger partial charge in [-0.25, -0.2) is 29.1 Å². The highest BCUT2D eigenvalue weighted by Gasteiger charge is 2.40. The highest BCUT2D eigenvalue weighted by atomic mass is 19.4. The average Bonchev–Trinajstić information content (AvgIpc) is 4.04. The second-order valence-electron chi connectivity index (χ2n) is 16.1.